The first-order chi connectivity index (χ1) is 21.8. The van der Waals surface area contributed by atoms with Gasteiger partial charge in [0.25, 0.3) is 0 Å². The number of ether oxygens (including phenoxy) is 2. The topological polar surface area (TPSA) is 155 Å². The van der Waals surface area contributed by atoms with Gasteiger partial charge < -0.3 is 41.0 Å². The van der Waals surface area contributed by atoms with Crippen molar-refractivity contribution in [3.8, 4) is 0 Å². The van der Waals surface area contributed by atoms with Gasteiger partial charge in [-0.3, -0.25) is 4.79 Å². The van der Waals surface area contributed by atoms with Gasteiger partial charge in [-0.25, -0.2) is 0 Å². The van der Waals surface area contributed by atoms with E-state index in [-0.39, 0.29) is 19.4 Å². The van der Waals surface area contributed by atoms with Crippen LogP contribution in [0.1, 0.15) is 64.2 Å². The number of nitrogens with one attached hydrogen (secondary N) is 1. The van der Waals surface area contributed by atoms with Crippen molar-refractivity contribution in [2.75, 3.05) is 19.8 Å². The summed E-state index contributed by atoms with van der Waals surface area (Å²) in [5.41, 5.74) is 5.71. The molecule has 0 spiro atoms. The van der Waals surface area contributed by atoms with Gasteiger partial charge in [-0.2, -0.15) is 57.1 Å². The van der Waals surface area contributed by atoms with Crippen LogP contribution in [-0.4, -0.2) is 119 Å². The first kappa shape index (κ1) is 44.3. The number of amides is 1. The molecule has 0 radical (unpaired) electrons. The van der Waals surface area contributed by atoms with Crippen molar-refractivity contribution in [2.24, 2.45) is 5.73 Å². The van der Waals surface area contributed by atoms with E-state index in [0.717, 1.165) is 0 Å². The fraction of sp³-hybridized carbons (Fsp3) is 0.962. The molecule has 0 aromatic carbocycles. The lowest BCUT2D eigenvalue weighted by Crippen LogP contribution is -2.70. The molecule has 0 aromatic heterocycles. The van der Waals surface area contributed by atoms with Crippen molar-refractivity contribution in [2.45, 2.75) is 137 Å². The predicted molar refractivity (Wildman–Crippen MR) is 138 cm³/mol. The van der Waals surface area contributed by atoms with Gasteiger partial charge in [0.2, 0.25) is 5.91 Å². The molecule has 1 aliphatic heterocycles. The number of hydrogen-bond donors (Lipinski definition) is 6. The summed E-state index contributed by atoms with van der Waals surface area (Å²) in [6.45, 7) is -0.930. The molecule has 0 saturated carbocycles. The normalized spacial score (nSPS) is 24.1. The molecule has 6 atom stereocenters. The zero-order valence-electron chi connectivity index (χ0n) is 25.2. The van der Waals surface area contributed by atoms with E-state index in [4.69, 9.17) is 20.3 Å². The summed E-state index contributed by atoms with van der Waals surface area (Å²) >= 11 is 0. The van der Waals surface area contributed by atoms with Crippen LogP contribution in [0, 0.1) is 0 Å². The van der Waals surface area contributed by atoms with E-state index in [1.165, 1.54) is 0 Å². The van der Waals surface area contributed by atoms with E-state index in [2.05, 4.69) is 5.32 Å². The summed E-state index contributed by atoms with van der Waals surface area (Å²) in [4.78, 5) is 12.1. The Bertz CT molecular complexity index is 990. The standard InChI is InChI=1S/C26H39F13N2O7/c27-21(28,22(29,30)23(31,32)24(33,34)25(35,36)26(37,38)39)10-8-6-4-2-1-3-5-7-9-11-41-19(46)14(40)13-47-20-18(45)17(44)16(43)15(12-42)48-20/h14-18,20,42-45H,1-13,40H2,(H,41,46)/t14-,15+,16-,17-,18+,20+/m0/s1. The van der Waals surface area contributed by atoms with Crippen molar-refractivity contribution >= 4 is 5.91 Å². The third-order valence-corrected chi connectivity index (χ3v) is 7.59. The summed E-state index contributed by atoms with van der Waals surface area (Å²) in [6.07, 6.45) is -15.3. The Balaban J connectivity index is 2.28. The van der Waals surface area contributed by atoms with Crippen molar-refractivity contribution < 1.29 is 91.8 Å². The average Bonchev–Trinajstić information content (AvgIpc) is 2.98. The third kappa shape index (κ3) is 10.2. The molecule has 286 valence electrons. The molecule has 0 aliphatic carbocycles. The Morgan fingerprint density at radius 2 is 1.15 bits per heavy atom. The van der Waals surface area contributed by atoms with Gasteiger partial charge in [-0.05, 0) is 12.8 Å². The average molecular weight is 739 g/mol. The Morgan fingerprint density at radius 1 is 0.688 bits per heavy atom. The molecule has 1 rings (SSSR count). The van der Waals surface area contributed by atoms with Gasteiger partial charge in [0.1, 0.15) is 30.5 Å². The number of aliphatic hydroxyl groups excluding tert-OH is 4. The lowest BCUT2D eigenvalue weighted by atomic mass is 9.91. The zero-order chi connectivity index (χ0) is 37.4. The third-order valence-electron chi connectivity index (χ3n) is 7.59. The van der Waals surface area contributed by atoms with Crippen LogP contribution >= 0.6 is 0 Å². The van der Waals surface area contributed by atoms with E-state index >= 15 is 0 Å². The zero-order valence-corrected chi connectivity index (χ0v) is 25.2. The van der Waals surface area contributed by atoms with Gasteiger partial charge in [0, 0.05) is 13.0 Å². The predicted octanol–water partition coefficient (Wildman–Crippen LogP) is 3.89. The van der Waals surface area contributed by atoms with Crippen molar-refractivity contribution in [3.05, 3.63) is 0 Å². The van der Waals surface area contributed by atoms with Crippen molar-refractivity contribution in [1.82, 2.24) is 5.32 Å². The van der Waals surface area contributed by atoms with Gasteiger partial charge >= 0.3 is 35.8 Å². The largest absolute Gasteiger partial charge is 0.460 e. The second-order valence-electron chi connectivity index (χ2n) is 11.4. The molecule has 1 saturated heterocycles. The lowest BCUT2D eigenvalue weighted by molar-refractivity contribution is -0.440. The van der Waals surface area contributed by atoms with Crippen LogP contribution < -0.4 is 11.1 Å². The van der Waals surface area contributed by atoms with Crippen LogP contribution in [0.25, 0.3) is 0 Å². The summed E-state index contributed by atoms with van der Waals surface area (Å²) in [6, 6.07) is -1.21. The van der Waals surface area contributed by atoms with Crippen LogP contribution in [0.15, 0.2) is 0 Å². The SMILES string of the molecule is N[C@@H](CO[C@@H]1O[C@H](CO)[C@H](O)[C@H](O)[C@H]1O)C(=O)NCCCCCCCCCCCC(F)(F)C(F)(F)C(F)(F)C(F)(F)C(F)(F)C(F)(F)F. The van der Waals surface area contributed by atoms with Crippen molar-refractivity contribution in [3.63, 3.8) is 0 Å². The summed E-state index contributed by atoms with van der Waals surface area (Å²) in [7, 11) is 0. The number of halogens is 13. The highest BCUT2D eigenvalue weighted by atomic mass is 19.4. The Hall–Kier alpha value is -1.72. The number of aliphatic hydroxyl groups is 4. The quantitative estimate of drug-likeness (QED) is 0.0767. The molecule has 1 heterocycles. The number of alkyl halides is 13. The smallest absolute Gasteiger partial charge is 0.394 e. The lowest BCUT2D eigenvalue weighted by Gasteiger charge is -2.39. The molecule has 1 amide bonds. The molecule has 0 bridgehead atoms. The summed E-state index contributed by atoms with van der Waals surface area (Å²) < 4.78 is 181. The molecule has 9 nitrogen and oxygen atoms in total. The van der Waals surface area contributed by atoms with Crippen LogP contribution in [0.2, 0.25) is 0 Å². The minimum absolute atomic E-state index is 0.0967. The molecule has 1 fully saturated rings. The van der Waals surface area contributed by atoms with Gasteiger partial charge in [-0.15, -0.1) is 0 Å². The summed E-state index contributed by atoms with van der Waals surface area (Å²) in [5, 5.41) is 41.1. The maximum Gasteiger partial charge on any atom is 0.460 e. The first-order valence-corrected chi connectivity index (χ1v) is 14.7. The van der Waals surface area contributed by atoms with E-state index in [9.17, 15) is 77.2 Å². The molecular formula is C26H39F13N2O7. The van der Waals surface area contributed by atoms with Crippen LogP contribution in [0.4, 0.5) is 57.1 Å². The second kappa shape index (κ2) is 17.5. The Morgan fingerprint density at radius 3 is 1.62 bits per heavy atom. The Kier molecular flexibility index (Phi) is 16.1. The second-order valence-corrected chi connectivity index (χ2v) is 11.4. The highest BCUT2D eigenvalue weighted by molar-refractivity contribution is 5.81. The van der Waals surface area contributed by atoms with E-state index in [1.54, 1.807) is 0 Å². The molecular weight excluding hydrogens is 699 g/mol. The first-order valence-electron chi connectivity index (χ1n) is 14.7. The molecule has 1 aliphatic rings. The maximum atomic E-state index is 13.8. The number of rotatable bonds is 21. The molecule has 0 aromatic rings. The number of carbonyl (C=O) groups is 1. The minimum atomic E-state index is -7.89. The van der Waals surface area contributed by atoms with E-state index in [0.29, 0.717) is 38.5 Å². The summed E-state index contributed by atoms with van der Waals surface area (Å²) in [5.74, 6) is -37.3. The number of nitrogens with two attached hydrogens (primary N) is 1. The number of carbonyl (C=O) groups excluding carboxylic acids is 1. The number of hydrogen-bond acceptors (Lipinski definition) is 8. The molecule has 7 N–H and O–H groups in total. The molecule has 0 unspecified atom stereocenters. The Labute approximate surface area is 265 Å². The monoisotopic (exact) mass is 738 g/mol. The van der Waals surface area contributed by atoms with Crippen molar-refractivity contribution in [1.29, 1.82) is 0 Å². The number of unbranched alkanes of at least 4 members (excludes halogenated alkanes) is 8. The maximum absolute atomic E-state index is 13.8. The van der Waals surface area contributed by atoms with Gasteiger partial charge in [0.15, 0.2) is 6.29 Å². The van der Waals surface area contributed by atoms with Gasteiger partial charge in [0.05, 0.1) is 13.2 Å². The molecule has 22 heteroatoms. The van der Waals surface area contributed by atoms with E-state index in [1.807, 2.05) is 0 Å². The highest BCUT2D eigenvalue weighted by Crippen LogP contribution is 2.60. The van der Waals surface area contributed by atoms with Gasteiger partial charge in [-0.1, -0.05) is 44.9 Å². The molecule has 48 heavy (non-hydrogen) atoms. The minimum Gasteiger partial charge on any atom is -0.394 e. The van der Waals surface area contributed by atoms with Crippen LogP contribution in [0.3, 0.4) is 0 Å². The van der Waals surface area contributed by atoms with Crippen LogP contribution in [-0.2, 0) is 14.3 Å². The van der Waals surface area contributed by atoms with E-state index < -0.39 is 104 Å². The van der Waals surface area contributed by atoms with Crippen LogP contribution in [0.5, 0.6) is 0 Å². The fourth-order valence-electron chi connectivity index (χ4n) is 4.49. The fourth-order valence-corrected chi connectivity index (χ4v) is 4.49. The highest BCUT2D eigenvalue weighted by Gasteiger charge is 2.90.